The van der Waals surface area contributed by atoms with Crippen LogP contribution in [0, 0.1) is 0 Å². The zero-order chi connectivity index (χ0) is 16.6. The number of aromatic nitrogens is 4. The Balaban J connectivity index is 1.86. The van der Waals surface area contributed by atoms with Gasteiger partial charge >= 0.3 is 0 Å². The maximum atomic E-state index is 12.4. The minimum atomic E-state index is -0.294. The Morgan fingerprint density at radius 3 is 2.78 bits per heavy atom. The van der Waals surface area contributed by atoms with Crippen molar-refractivity contribution in [2.75, 3.05) is 5.73 Å². The largest absolute Gasteiger partial charge is 0.382 e. The highest BCUT2D eigenvalue weighted by Crippen LogP contribution is 2.32. The Morgan fingerprint density at radius 2 is 2.09 bits per heavy atom. The number of nitrogens with one attached hydrogen (secondary N) is 1. The fraction of sp³-hybridized carbons (Fsp3) is 0.500. The third-order valence-electron chi connectivity index (χ3n) is 4.07. The van der Waals surface area contributed by atoms with E-state index in [2.05, 4.69) is 45.8 Å². The minimum Gasteiger partial charge on any atom is -0.382 e. The van der Waals surface area contributed by atoms with Crippen LogP contribution in [0.15, 0.2) is 18.6 Å². The summed E-state index contributed by atoms with van der Waals surface area (Å²) in [6, 6.07) is -0.0660. The van der Waals surface area contributed by atoms with Crippen LogP contribution >= 0.6 is 0 Å². The quantitative estimate of drug-likeness (QED) is 0.881. The molecular weight excluding hydrogens is 292 g/mol. The summed E-state index contributed by atoms with van der Waals surface area (Å²) >= 11 is 0. The molecule has 0 unspecified atom stereocenters. The summed E-state index contributed by atoms with van der Waals surface area (Å²) in [5.41, 5.74) is 8.11. The second-order valence-corrected chi connectivity index (χ2v) is 6.84. The summed E-state index contributed by atoms with van der Waals surface area (Å²) in [5, 5.41) is 7.55. The van der Waals surface area contributed by atoms with Gasteiger partial charge in [-0.05, 0) is 40.0 Å². The number of carbonyl (C=O) groups excluding carboxylic acids is 1. The highest BCUT2D eigenvalue weighted by Gasteiger charge is 2.29. The Morgan fingerprint density at radius 1 is 1.35 bits per heavy atom. The van der Waals surface area contributed by atoms with Gasteiger partial charge in [0.25, 0.3) is 5.91 Å². The van der Waals surface area contributed by atoms with Crippen molar-refractivity contribution in [2.24, 2.45) is 0 Å². The Kier molecular flexibility index (Phi) is 3.79. The van der Waals surface area contributed by atoms with Crippen LogP contribution in [0.4, 0.5) is 5.82 Å². The van der Waals surface area contributed by atoms with E-state index in [0.717, 1.165) is 24.8 Å². The third-order valence-corrected chi connectivity index (χ3v) is 4.07. The molecule has 1 amide bonds. The van der Waals surface area contributed by atoms with Gasteiger partial charge in [0.15, 0.2) is 11.5 Å². The third kappa shape index (κ3) is 2.91. The second-order valence-electron chi connectivity index (χ2n) is 6.84. The van der Waals surface area contributed by atoms with Gasteiger partial charge in [-0.25, -0.2) is 9.97 Å². The van der Waals surface area contributed by atoms with Crippen LogP contribution in [0.25, 0.3) is 0 Å². The van der Waals surface area contributed by atoms with Crippen LogP contribution in [-0.4, -0.2) is 25.7 Å². The molecule has 0 aromatic carbocycles. The van der Waals surface area contributed by atoms with Crippen molar-refractivity contribution in [3.63, 3.8) is 0 Å². The molecule has 0 fully saturated rings. The number of carbonyl (C=O) groups is 1. The van der Waals surface area contributed by atoms with Crippen LogP contribution in [0.2, 0.25) is 0 Å². The number of anilines is 1. The Hall–Kier alpha value is -2.44. The summed E-state index contributed by atoms with van der Waals surface area (Å²) in [6.45, 7) is 6.38. The van der Waals surface area contributed by atoms with Crippen LogP contribution in [0.3, 0.4) is 0 Å². The number of nitrogens with two attached hydrogens (primary N) is 1. The lowest BCUT2D eigenvalue weighted by Crippen LogP contribution is -2.33. The fourth-order valence-corrected chi connectivity index (χ4v) is 3.04. The molecule has 0 saturated heterocycles. The van der Waals surface area contributed by atoms with Gasteiger partial charge in [-0.15, -0.1) is 0 Å². The van der Waals surface area contributed by atoms with Gasteiger partial charge in [0.2, 0.25) is 0 Å². The van der Waals surface area contributed by atoms with Crippen molar-refractivity contribution in [3.05, 3.63) is 35.5 Å². The summed E-state index contributed by atoms with van der Waals surface area (Å²) in [5.74, 6) is -0.150. The molecule has 1 aliphatic rings. The summed E-state index contributed by atoms with van der Waals surface area (Å²) in [7, 11) is 0. The van der Waals surface area contributed by atoms with Gasteiger partial charge < -0.3 is 11.1 Å². The van der Waals surface area contributed by atoms with E-state index in [1.807, 2.05) is 6.20 Å². The van der Waals surface area contributed by atoms with Gasteiger partial charge in [0.05, 0.1) is 17.8 Å². The van der Waals surface area contributed by atoms with E-state index in [1.54, 1.807) is 0 Å². The van der Waals surface area contributed by atoms with Crippen LogP contribution in [0.1, 0.15) is 61.4 Å². The van der Waals surface area contributed by atoms with Gasteiger partial charge in [-0.1, -0.05) is 0 Å². The smallest absolute Gasteiger partial charge is 0.274 e. The number of rotatable bonds is 2. The second kappa shape index (κ2) is 5.64. The lowest BCUT2D eigenvalue weighted by atomic mass is 9.92. The first-order chi connectivity index (χ1) is 10.9. The molecule has 3 rings (SSSR count). The Labute approximate surface area is 135 Å². The van der Waals surface area contributed by atoms with Gasteiger partial charge in [-0.3, -0.25) is 9.48 Å². The monoisotopic (exact) mass is 314 g/mol. The van der Waals surface area contributed by atoms with Crippen molar-refractivity contribution in [2.45, 2.75) is 51.6 Å². The number of nitrogen functional groups attached to an aromatic ring is 1. The van der Waals surface area contributed by atoms with E-state index in [1.165, 1.54) is 18.1 Å². The number of hydrogen-bond donors (Lipinski definition) is 2. The van der Waals surface area contributed by atoms with Crippen molar-refractivity contribution < 1.29 is 4.79 Å². The number of fused-ring (bicyclic) bond motifs is 1. The molecular formula is C16H22N6O. The predicted molar refractivity (Wildman–Crippen MR) is 86.8 cm³/mol. The summed E-state index contributed by atoms with van der Waals surface area (Å²) < 4.78 is 2.05. The molecule has 122 valence electrons. The zero-order valence-corrected chi connectivity index (χ0v) is 13.7. The van der Waals surface area contributed by atoms with Gasteiger partial charge in [0.1, 0.15) is 0 Å². The fourth-order valence-electron chi connectivity index (χ4n) is 3.04. The SMILES string of the molecule is CC(C)(C)n1ncc2c1CCC[C@H]2NC(=O)c1nccnc1N. The standard InChI is InChI=1S/C16H22N6O/c1-16(2,3)22-12-6-4-5-11(10(12)9-20-22)21-15(23)13-14(17)19-8-7-18-13/h7-9,11H,4-6H2,1-3H3,(H2,17,19)(H,21,23)/t11-/m1/s1. The molecule has 2 heterocycles. The molecule has 0 spiro atoms. The van der Waals surface area contributed by atoms with E-state index in [0.29, 0.717) is 0 Å². The molecule has 0 bridgehead atoms. The molecule has 0 aliphatic heterocycles. The molecule has 2 aromatic rings. The van der Waals surface area contributed by atoms with Crippen LogP contribution in [0.5, 0.6) is 0 Å². The van der Waals surface area contributed by atoms with Crippen molar-refractivity contribution in [1.29, 1.82) is 0 Å². The van der Waals surface area contributed by atoms with Crippen LogP contribution in [-0.2, 0) is 12.0 Å². The summed E-state index contributed by atoms with van der Waals surface area (Å²) in [6.07, 6.45) is 7.68. The molecule has 7 nitrogen and oxygen atoms in total. The molecule has 1 aliphatic carbocycles. The molecule has 7 heteroatoms. The average Bonchev–Trinajstić information content (AvgIpc) is 2.92. The topological polar surface area (TPSA) is 98.7 Å². The number of nitrogens with zero attached hydrogens (tertiary/aromatic N) is 4. The van der Waals surface area contributed by atoms with Crippen molar-refractivity contribution in [3.8, 4) is 0 Å². The molecule has 3 N–H and O–H groups in total. The number of amides is 1. The van der Waals surface area contributed by atoms with E-state index in [4.69, 9.17) is 5.73 Å². The summed E-state index contributed by atoms with van der Waals surface area (Å²) in [4.78, 5) is 20.4. The van der Waals surface area contributed by atoms with E-state index >= 15 is 0 Å². The first kappa shape index (κ1) is 15.5. The zero-order valence-electron chi connectivity index (χ0n) is 13.7. The molecule has 2 aromatic heterocycles. The van der Waals surface area contributed by atoms with Gasteiger partial charge in [0, 0.05) is 23.7 Å². The first-order valence-corrected chi connectivity index (χ1v) is 7.82. The first-order valence-electron chi connectivity index (χ1n) is 7.82. The van der Waals surface area contributed by atoms with E-state index < -0.39 is 0 Å². The average molecular weight is 314 g/mol. The lowest BCUT2D eigenvalue weighted by molar-refractivity contribution is 0.0928. The molecule has 0 saturated carbocycles. The van der Waals surface area contributed by atoms with Crippen molar-refractivity contribution >= 4 is 11.7 Å². The molecule has 23 heavy (non-hydrogen) atoms. The molecule has 0 radical (unpaired) electrons. The highest BCUT2D eigenvalue weighted by atomic mass is 16.2. The maximum absolute atomic E-state index is 12.4. The molecule has 1 atom stereocenters. The predicted octanol–water partition coefficient (Wildman–Crippen LogP) is 1.82. The number of hydrogen-bond acceptors (Lipinski definition) is 5. The van der Waals surface area contributed by atoms with Crippen molar-refractivity contribution in [1.82, 2.24) is 25.1 Å². The van der Waals surface area contributed by atoms with Crippen LogP contribution < -0.4 is 11.1 Å². The van der Waals surface area contributed by atoms with Gasteiger partial charge in [-0.2, -0.15) is 5.10 Å². The Bertz CT molecular complexity index is 730. The maximum Gasteiger partial charge on any atom is 0.274 e. The highest BCUT2D eigenvalue weighted by molar-refractivity contribution is 5.96. The lowest BCUT2D eigenvalue weighted by Gasteiger charge is -2.28. The normalized spacial score (nSPS) is 17.6. The van der Waals surface area contributed by atoms with E-state index in [-0.39, 0.29) is 29.0 Å². The minimum absolute atomic E-state index is 0.0660. The van der Waals surface area contributed by atoms with E-state index in [9.17, 15) is 4.79 Å².